The Bertz CT molecular complexity index is 1250. The number of methoxy groups -OCH3 is 2. The molecule has 0 saturated carbocycles. The number of aryl methyl sites for hydroxylation is 1. The number of nitrogens with one attached hydrogen (secondary N) is 1. The van der Waals surface area contributed by atoms with Crippen molar-refractivity contribution in [3.8, 4) is 22.8 Å². The molecule has 2 heterocycles. The van der Waals surface area contributed by atoms with Gasteiger partial charge in [0.1, 0.15) is 17.3 Å². The Balaban J connectivity index is 1.71. The predicted molar refractivity (Wildman–Crippen MR) is 114 cm³/mol. The number of benzene rings is 2. The van der Waals surface area contributed by atoms with Gasteiger partial charge in [-0.05, 0) is 35.9 Å². The van der Waals surface area contributed by atoms with Gasteiger partial charge in [-0.3, -0.25) is 0 Å². The van der Waals surface area contributed by atoms with Crippen LogP contribution in [0.2, 0.25) is 0 Å². The van der Waals surface area contributed by atoms with Crippen LogP contribution in [0.5, 0.6) is 11.5 Å². The third kappa shape index (κ3) is 4.01. The number of halogens is 3. The lowest BCUT2D eigenvalue weighted by molar-refractivity contribution is -0.137. The average Bonchev–Trinajstić information content (AvgIpc) is 3.09. The van der Waals surface area contributed by atoms with E-state index >= 15 is 0 Å². The first-order valence-electron chi connectivity index (χ1n) is 9.42. The molecule has 5 nitrogen and oxygen atoms in total. The molecular weight excluding hydrogens is 407 g/mol. The summed E-state index contributed by atoms with van der Waals surface area (Å²) in [5.41, 5.74) is 2.02. The Morgan fingerprint density at radius 2 is 1.77 bits per heavy atom. The molecule has 160 valence electrons. The standard InChI is InChI=1S/C23H20F3N3O2/c1-29-19(14-5-4-6-16(9-14)23(24,25)26)10-15-13-27-22(12-20(15)29)28-18-8-7-17(30-2)11-21(18)31-3/h4-13H,1-3H3,(H,27,28). The molecule has 0 aliphatic heterocycles. The molecule has 0 bridgehead atoms. The van der Waals surface area contributed by atoms with Gasteiger partial charge in [0, 0.05) is 36.5 Å². The SMILES string of the molecule is COc1ccc(Nc2cc3c(cn2)cc(-c2cccc(C(F)(F)F)c2)n3C)c(OC)c1. The molecule has 0 spiro atoms. The number of nitrogens with zero attached hydrogens (tertiary/aromatic N) is 2. The lowest BCUT2D eigenvalue weighted by atomic mass is 10.1. The maximum atomic E-state index is 13.1. The summed E-state index contributed by atoms with van der Waals surface area (Å²) >= 11 is 0. The summed E-state index contributed by atoms with van der Waals surface area (Å²) in [6.45, 7) is 0. The molecule has 0 aliphatic carbocycles. The van der Waals surface area contributed by atoms with Crippen LogP contribution in [0.4, 0.5) is 24.7 Å². The number of pyridine rings is 1. The first-order chi connectivity index (χ1) is 14.8. The van der Waals surface area contributed by atoms with E-state index in [9.17, 15) is 13.2 Å². The van der Waals surface area contributed by atoms with Gasteiger partial charge >= 0.3 is 6.18 Å². The van der Waals surface area contributed by atoms with Crippen molar-refractivity contribution >= 4 is 22.4 Å². The van der Waals surface area contributed by atoms with E-state index in [4.69, 9.17) is 9.47 Å². The number of anilines is 2. The third-order valence-electron chi connectivity index (χ3n) is 5.08. The summed E-state index contributed by atoms with van der Waals surface area (Å²) in [7, 11) is 4.96. The Kier molecular flexibility index (Phi) is 5.22. The van der Waals surface area contributed by atoms with Crippen molar-refractivity contribution in [1.29, 1.82) is 0 Å². The molecule has 2 aromatic carbocycles. The number of fused-ring (bicyclic) bond motifs is 1. The number of hydrogen-bond donors (Lipinski definition) is 1. The van der Waals surface area contributed by atoms with Crippen LogP contribution >= 0.6 is 0 Å². The molecule has 8 heteroatoms. The van der Waals surface area contributed by atoms with Crippen molar-refractivity contribution in [2.45, 2.75) is 6.18 Å². The minimum absolute atomic E-state index is 0.486. The van der Waals surface area contributed by atoms with Gasteiger partial charge in [0.25, 0.3) is 0 Å². The Morgan fingerprint density at radius 1 is 0.968 bits per heavy atom. The summed E-state index contributed by atoms with van der Waals surface area (Å²) in [5.74, 6) is 1.84. The van der Waals surface area contributed by atoms with Gasteiger partial charge in [-0.2, -0.15) is 13.2 Å². The number of rotatable bonds is 5. The van der Waals surface area contributed by atoms with E-state index < -0.39 is 11.7 Å². The second-order valence-corrected chi connectivity index (χ2v) is 6.99. The number of ether oxygens (including phenoxy) is 2. The molecule has 2 aromatic heterocycles. The first kappa shape index (κ1) is 20.6. The molecule has 31 heavy (non-hydrogen) atoms. The minimum atomic E-state index is -4.39. The first-order valence-corrected chi connectivity index (χ1v) is 9.42. The van der Waals surface area contributed by atoms with E-state index in [-0.39, 0.29) is 0 Å². The van der Waals surface area contributed by atoms with Crippen LogP contribution in [-0.2, 0) is 13.2 Å². The fourth-order valence-electron chi connectivity index (χ4n) is 3.47. The van der Waals surface area contributed by atoms with Gasteiger partial charge in [-0.25, -0.2) is 4.98 Å². The largest absolute Gasteiger partial charge is 0.497 e. The maximum absolute atomic E-state index is 13.1. The number of alkyl halides is 3. The molecule has 1 N–H and O–H groups in total. The molecule has 0 unspecified atom stereocenters. The fourth-order valence-corrected chi connectivity index (χ4v) is 3.47. The molecule has 0 aliphatic rings. The lowest BCUT2D eigenvalue weighted by Gasteiger charge is -2.12. The van der Waals surface area contributed by atoms with Gasteiger partial charge in [0.05, 0.1) is 31.0 Å². The van der Waals surface area contributed by atoms with E-state index in [1.54, 1.807) is 38.6 Å². The van der Waals surface area contributed by atoms with Crippen LogP contribution in [0.1, 0.15) is 5.56 Å². The summed E-state index contributed by atoms with van der Waals surface area (Å²) in [6, 6.07) is 14.4. The summed E-state index contributed by atoms with van der Waals surface area (Å²) in [5, 5.41) is 4.04. The highest BCUT2D eigenvalue weighted by molar-refractivity contribution is 5.88. The van der Waals surface area contributed by atoms with Crippen molar-refractivity contribution in [2.24, 2.45) is 7.05 Å². The predicted octanol–water partition coefficient (Wildman–Crippen LogP) is 6.02. The Labute approximate surface area is 177 Å². The molecule has 0 atom stereocenters. The van der Waals surface area contributed by atoms with Gasteiger partial charge in [0.2, 0.25) is 0 Å². The van der Waals surface area contributed by atoms with Gasteiger partial charge in [-0.1, -0.05) is 12.1 Å². The molecular formula is C23H20F3N3O2. The zero-order chi connectivity index (χ0) is 22.2. The van der Waals surface area contributed by atoms with E-state index in [1.807, 2.05) is 29.8 Å². The molecule has 0 amide bonds. The van der Waals surface area contributed by atoms with E-state index in [0.717, 1.165) is 23.0 Å². The highest BCUT2D eigenvalue weighted by Gasteiger charge is 2.30. The normalized spacial score (nSPS) is 11.5. The molecule has 0 fully saturated rings. The second kappa shape index (κ2) is 7.86. The van der Waals surface area contributed by atoms with E-state index in [2.05, 4.69) is 10.3 Å². The van der Waals surface area contributed by atoms with Crippen molar-refractivity contribution < 1.29 is 22.6 Å². The molecule has 0 radical (unpaired) electrons. The van der Waals surface area contributed by atoms with Crippen molar-refractivity contribution in [2.75, 3.05) is 19.5 Å². The number of hydrogen-bond acceptors (Lipinski definition) is 4. The highest BCUT2D eigenvalue weighted by Crippen LogP contribution is 2.35. The molecule has 4 aromatic rings. The van der Waals surface area contributed by atoms with Crippen molar-refractivity contribution in [3.05, 3.63) is 66.4 Å². The third-order valence-corrected chi connectivity index (χ3v) is 5.08. The van der Waals surface area contributed by atoms with Crippen molar-refractivity contribution in [3.63, 3.8) is 0 Å². The van der Waals surface area contributed by atoms with E-state index in [1.165, 1.54) is 6.07 Å². The average molecular weight is 427 g/mol. The Hall–Kier alpha value is -3.68. The zero-order valence-electron chi connectivity index (χ0n) is 17.1. The van der Waals surface area contributed by atoms with Crippen LogP contribution in [0.3, 0.4) is 0 Å². The molecule has 0 saturated heterocycles. The lowest BCUT2D eigenvalue weighted by Crippen LogP contribution is -2.04. The second-order valence-electron chi connectivity index (χ2n) is 6.99. The van der Waals surface area contributed by atoms with Crippen LogP contribution in [0.25, 0.3) is 22.2 Å². The van der Waals surface area contributed by atoms with Crippen LogP contribution in [0.15, 0.2) is 60.8 Å². The topological polar surface area (TPSA) is 48.3 Å². The number of aromatic nitrogens is 2. The molecule has 4 rings (SSSR count). The van der Waals surface area contributed by atoms with Gasteiger partial charge in [0.15, 0.2) is 0 Å². The zero-order valence-corrected chi connectivity index (χ0v) is 17.1. The quantitative estimate of drug-likeness (QED) is 0.423. The van der Waals surface area contributed by atoms with Crippen LogP contribution in [0, 0.1) is 0 Å². The van der Waals surface area contributed by atoms with E-state index in [0.29, 0.717) is 34.3 Å². The summed E-state index contributed by atoms with van der Waals surface area (Å²) in [6.07, 6.45) is -2.71. The van der Waals surface area contributed by atoms with Gasteiger partial charge in [-0.15, -0.1) is 0 Å². The fraction of sp³-hybridized carbons (Fsp3) is 0.174. The van der Waals surface area contributed by atoms with Crippen LogP contribution in [-0.4, -0.2) is 23.8 Å². The monoisotopic (exact) mass is 427 g/mol. The van der Waals surface area contributed by atoms with Crippen molar-refractivity contribution in [1.82, 2.24) is 9.55 Å². The summed E-state index contributed by atoms with van der Waals surface area (Å²) < 4.78 is 51.8. The Morgan fingerprint density at radius 3 is 2.48 bits per heavy atom. The summed E-state index contributed by atoms with van der Waals surface area (Å²) in [4.78, 5) is 4.43. The maximum Gasteiger partial charge on any atom is 0.416 e. The highest BCUT2D eigenvalue weighted by atomic mass is 19.4. The van der Waals surface area contributed by atoms with Crippen LogP contribution < -0.4 is 14.8 Å². The van der Waals surface area contributed by atoms with Gasteiger partial charge < -0.3 is 19.4 Å². The smallest absolute Gasteiger partial charge is 0.416 e. The minimum Gasteiger partial charge on any atom is -0.497 e.